The van der Waals surface area contributed by atoms with Gasteiger partial charge in [-0.2, -0.15) is 18.3 Å². The van der Waals surface area contributed by atoms with Gasteiger partial charge < -0.3 is 5.11 Å². The Balaban J connectivity index is 3.10. The Bertz CT molecular complexity index is 442. The molecule has 0 aromatic carbocycles. The second kappa shape index (κ2) is 6.31. The number of hydrogen-bond donors (Lipinski definition) is 1. The second-order valence-corrected chi connectivity index (χ2v) is 4.96. The lowest BCUT2D eigenvalue weighted by atomic mass is 10.2. The van der Waals surface area contributed by atoms with Gasteiger partial charge in [-0.25, -0.2) is 0 Å². The first-order valence-electron chi connectivity index (χ1n) is 5.80. The van der Waals surface area contributed by atoms with Crippen LogP contribution in [0.15, 0.2) is 11.1 Å². The van der Waals surface area contributed by atoms with Crippen molar-refractivity contribution in [1.29, 1.82) is 0 Å². The largest absolute Gasteiger partial charge is 0.481 e. The smallest absolute Gasteiger partial charge is 0.435 e. The molecule has 4 nitrogen and oxygen atoms in total. The third kappa shape index (κ3) is 4.15. The highest BCUT2D eigenvalue weighted by Gasteiger charge is 2.35. The minimum Gasteiger partial charge on any atom is -0.481 e. The summed E-state index contributed by atoms with van der Waals surface area (Å²) in [5, 5.41) is 12.4. The molecule has 1 N–H and O–H groups in total. The first-order chi connectivity index (χ1) is 8.79. The summed E-state index contributed by atoms with van der Waals surface area (Å²) in [7, 11) is 0. The van der Waals surface area contributed by atoms with Crippen LogP contribution in [-0.2, 0) is 11.0 Å². The van der Waals surface area contributed by atoms with Crippen molar-refractivity contribution < 1.29 is 23.1 Å². The number of halogens is 3. The minimum atomic E-state index is -4.52. The number of rotatable bonds is 6. The third-order valence-corrected chi connectivity index (χ3v) is 3.62. The Hall–Kier alpha value is -1.18. The molecule has 19 heavy (non-hydrogen) atoms. The van der Waals surface area contributed by atoms with Crippen LogP contribution in [-0.4, -0.2) is 26.6 Å². The molecule has 108 valence electrons. The van der Waals surface area contributed by atoms with Crippen LogP contribution >= 0.6 is 11.8 Å². The van der Waals surface area contributed by atoms with Crippen molar-refractivity contribution in [2.75, 3.05) is 5.75 Å². The summed E-state index contributed by atoms with van der Waals surface area (Å²) in [5.41, 5.74) is -0.979. The molecule has 0 fully saturated rings. The lowest BCUT2D eigenvalue weighted by molar-refractivity contribution is -0.141. The van der Waals surface area contributed by atoms with E-state index < -0.39 is 17.8 Å². The highest BCUT2D eigenvalue weighted by atomic mass is 32.2. The topological polar surface area (TPSA) is 55.1 Å². The average molecular weight is 296 g/mol. The van der Waals surface area contributed by atoms with Crippen molar-refractivity contribution >= 4 is 17.7 Å². The van der Waals surface area contributed by atoms with E-state index >= 15 is 0 Å². The van der Waals surface area contributed by atoms with Crippen molar-refractivity contribution in [1.82, 2.24) is 9.78 Å². The summed E-state index contributed by atoms with van der Waals surface area (Å²) in [6.07, 6.45) is -3.25. The Morgan fingerprint density at radius 1 is 1.47 bits per heavy atom. The average Bonchev–Trinajstić information content (AvgIpc) is 2.72. The molecule has 0 aliphatic heterocycles. The lowest BCUT2D eigenvalue weighted by Crippen LogP contribution is -2.13. The van der Waals surface area contributed by atoms with Crippen LogP contribution in [0.1, 0.15) is 38.4 Å². The van der Waals surface area contributed by atoms with Crippen molar-refractivity contribution in [2.24, 2.45) is 0 Å². The monoisotopic (exact) mass is 296 g/mol. The summed E-state index contributed by atoms with van der Waals surface area (Å²) in [6.45, 7) is 3.71. The predicted molar refractivity (Wildman–Crippen MR) is 65.2 cm³/mol. The molecular weight excluding hydrogens is 281 g/mol. The second-order valence-electron chi connectivity index (χ2n) is 3.96. The Morgan fingerprint density at radius 2 is 2.05 bits per heavy atom. The summed E-state index contributed by atoms with van der Waals surface area (Å²) < 4.78 is 39.2. The van der Waals surface area contributed by atoms with Gasteiger partial charge >= 0.3 is 12.1 Å². The molecule has 0 spiro atoms. The number of hydrogen-bond acceptors (Lipinski definition) is 3. The molecule has 0 saturated carbocycles. The van der Waals surface area contributed by atoms with Gasteiger partial charge in [0.25, 0.3) is 0 Å². The maximum Gasteiger partial charge on any atom is 0.435 e. The number of thioether (sulfide) groups is 1. The van der Waals surface area contributed by atoms with Gasteiger partial charge in [-0.15, -0.1) is 0 Å². The number of carboxylic acids is 1. The summed E-state index contributed by atoms with van der Waals surface area (Å²) in [5.74, 6) is -1.36. The molecule has 0 saturated heterocycles. The molecular formula is C11H15F3N2O2S. The van der Waals surface area contributed by atoms with E-state index in [1.807, 2.05) is 13.8 Å². The van der Waals surface area contributed by atoms with Gasteiger partial charge in [-0.1, -0.05) is 25.6 Å². The molecule has 0 amide bonds. The highest BCUT2D eigenvalue weighted by Crippen LogP contribution is 2.33. The highest BCUT2D eigenvalue weighted by molar-refractivity contribution is 7.99. The van der Waals surface area contributed by atoms with Crippen molar-refractivity contribution in [3.63, 3.8) is 0 Å². The first-order valence-corrected chi connectivity index (χ1v) is 6.79. The van der Waals surface area contributed by atoms with E-state index in [4.69, 9.17) is 5.11 Å². The van der Waals surface area contributed by atoms with E-state index in [0.29, 0.717) is 12.8 Å². The fourth-order valence-electron chi connectivity index (χ4n) is 1.66. The standard InChI is InChI=1S/C11H15F3N2O2S/c1-3-7(4-2)16-9(19-6-10(17)18)5-8(15-16)11(12,13)14/h5,7H,3-4,6H2,1-2H3,(H,17,18). The van der Waals surface area contributed by atoms with Crippen LogP contribution in [0.5, 0.6) is 0 Å². The van der Waals surface area contributed by atoms with E-state index in [2.05, 4.69) is 5.10 Å². The molecule has 1 rings (SSSR count). The Kier molecular flexibility index (Phi) is 5.28. The summed E-state index contributed by atoms with van der Waals surface area (Å²) in [4.78, 5) is 10.5. The third-order valence-electron chi connectivity index (χ3n) is 2.62. The number of aromatic nitrogens is 2. The molecule has 8 heteroatoms. The number of nitrogens with zero attached hydrogens (tertiary/aromatic N) is 2. The molecule has 1 aromatic rings. The van der Waals surface area contributed by atoms with E-state index in [9.17, 15) is 18.0 Å². The van der Waals surface area contributed by atoms with Crippen LogP contribution in [0, 0.1) is 0 Å². The lowest BCUT2D eigenvalue weighted by Gasteiger charge is -2.15. The quantitative estimate of drug-likeness (QED) is 0.817. The van der Waals surface area contributed by atoms with Gasteiger partial charge in [-0.05, 0) is 12.8 Å². The van der Waals surface area contributed by atoms with Crippen LogP contribution < -0.4 is 0 Å². The van der Waals surface area contributed by atoms with Gasteiger partial charge in [0.1, 0.15) is 0 Å². The van der Waals surface area contributed by atoms with Gasteiger partial charge in [0, 0.05) is 6.07 Å². The first kappa shape index (κ1) is 15.9. The Labute approximate surface area is 113 Å². The number of carbonyl (C=O) groups is 1. The van der Waals surface area contributed by atoms with Gasteiger partial charge in [0.05, 0.1) is 16.8 Å². The molecule has 0 bridgehead atoms. The molecule has 0 unspecified atom stereocenters. The van der Waals surface area contributed by atoms with Gasteiger partial charge in [-0.3, -0.25) is 9.48 Å². The SMILES string of the molecule is CCC(CC)n1nc(C(F)(F)F)cc1SCC(=O)O. The number of alkyl halides is 3. The molecule has 0 radical (unpaired) electrons. The van der Waals surface area contributed by atoms with Crippen LogP contribution in [0.25, 0.3) is 0 Å². The number of carboxylic acid groups (broad SMARTS) is 1. The normalized spacial score (nSPS) is 12.1. The molecule has 0 aliphatic carbocycles. The molecule has 1 heterocycles. The van der Waals surface area contributed by atoms with Gasteiger partial charge in [0.2, 0.25) is 0 Å². The minimum absolute atomic E-state index is 0.160. The van der Waals surface area contributed by atoms with E-state index in [0.717, 1.165) is 17.8 Å². The zero-order valence-electron chi connectivity index (χ0n) is 10.6. The maximum absolute atomic E-state index is 12.6. The molecule has 0 atom stereocenters. The summed E-state index contributed by atoms with van der Waals surface area (Å²) >= 11 is 0.852. The number of aliphatic carboxylic acids is 1. The Morgan fingerprint density at radius 3 is 2.47 bits per heavy atom. The molecule has 1 aromatic heterocycles. The summed E-state index contributed by atoms with van der Waals surface area (Å²) in [6, 6.07) is 0.749. The van der Waals surface area contributed by atoms with E-state index in [1.165, 1.54) is 4.68 Å². The van der Waals surface area contributed by atoms with Crippen LogP contribution in [0.4, 0.5) is 13.2 Å². The maximum atomic E-state index is 12.6. The van der Waals surface area contributed by atoms with Gasteiger partial charge in [0.15, 0.2) is 5.69 Å². The van der Waals surface area contributed by atoms with Crippen LogP contribution in [0.3, 0.4) is 0 Å². The molecule has 0 aliphatic rings. The van der Waals surface area contributed by atoms with E-state index in [-0.39, 0.29) is 16.8 Å². The fraction of sp³-hybridized carbons (Fsp3) is 0.636. The van der Waals surface area contributed by atoms with Crippen molar-refractivity contribution in [3.8, 4) is 0 Å². The van der Waals surface area contributed by atoms with Crippen LogP contribution in [0.2, 0.25) is 0 Å². The van der Waals surface area contributed by atoms with E-state index in [1.54, 1.807) is 0 Å². The predicted octanol–water partition coefficient (Wildman–Crippen LogP) is 3.44. The van der Waals surface area contributed by atoms with Crippen molar-refractivity contribution in [3.05, 3.63) is 11.8 Å². The zero-order chi connectivity index (χ0) is 14.6. The van der Waals surface area contributed by atoms with Crippen molar-refractivity contribution in [2.45, 2.75) is 43.9 Å². The fourth-order valence-corrected chi connectivity index (χ4v) is 2.44. The zero-order valence-corrected chi connectivity index (χ0v) is 11.4.